The maximum atomic E-state index is 13.3. The van der Waals surface area contributed by atoms with Gasteiger partial charge in [0.15, 0.2) is 0 Å². The molecule has 148 valence electrons. The summed E-state index contributed by atoms with van der Waals surface area (Å²) in [6.07, 6.45) is 2.46. The zero-order valence-corrected chi connectivity index (χ0v) is 16.5. The van der Waals surface area contributed by atoms with Crippen molar-refractivity contribution in [1.29, 1.82) is 0 Å². The molecule has 1 fully saturated rings. The van der Waals surface area contributed by atoms with Gasteiger partial charge >= 0.3 is 0 Å². The van der Waals surface area contributed by atoms with E-state index in [9.17, 15) is 14.0 Å². The van der Waals surface area contributed by atoms with Gasteiger partial charge in [-0.25, -0.2) is 4.39 Å². The van der Waals surface area contributed by atoms with Gasteiger partial charge in [0.25, 0.3) is 0 Å². The van der Waals surface area contributed by atoms with Crippen LogP contribution in [0, 0.1) is 11.7 Å². The molecule has 0 saturated carbocycles. The normalized spacial score (nSPS) is 19.3. The molecule has 1 saturated heterocycles. The Kier molecular flexibility index (Phi) is 6.45. The molecule has 0 aliphatic carbocycles. The predicted octanol–water partition coefficient (Wildman–Crippen LogP) is 4.00. The van der Waals surface area contributed by atoms with Gasteiger partial charge in [-0.3, -0.25) is 9.59 Å². The van der Waals surface area contributed by atoms with E-state index in [-0.39, 0.29) is 36.1 Å². The van der Waals surface area contributed by atoms with Crippen LogP contribution in [-0.4, -0.2) is 23.3 Å². The van der Waals surface area contributed by atoms with E-state index >= 15 is 0 Å². The molecule has 0 aromatic heterocycles. The number of nitrogens with one attached hydrogen (secondary N) is 1. The number of halogens is 1. The number of nitrogens with zero attached hydrogens (tertiary/aromatic N) is 1. The van der Waals surface area contributed by atoms with Crippen LogP contribution < -0.4 is 5.32 Å². The van der Waals surface area contributed by atoms with Gasteiger partial charge in [-0.05, 0) is 48.1 Å². The molecule has 1 aliphatic rings. The number of likely N-dealkylation sites (tertiary alicyclic amines) is 1. The number of rotatable bonds is 5. The van der Waals surface area contributed by atoms with Crippen molar-refractivity contribution < 1.29 is 14.0 Å². The van der Waals surface area contributed by atoms with Crippen LogP contribution in [0.3, 0.4) is 0 Å². The number of hydrogen-bond acceptors (Lipinski definition) is 2. The fourth-order valence-electron chi connectivity index (χ4n) is 3.84. The van der Waals surface area contributed by atoms with E-state index in [0.29, 0.717) is 6.54 Å². The van der Waals surface area contributed by atoms with Gasteiger partial charge in [0.1, 0.15) is 5.82 Å². The highest BCUT2D eigenvalue weighted by Gasteiger charge is 2.34. The third-order valence-corrected chi connectivity index (χ3v) is 5.49. The lowest BCUT2D eigenvalue weighted by atomic mass is 9.88. The summed E-state index contributed by atoms with van der Waals surface area (Å²) < 4.78 is 13.3. The summed E-state index contributed by atoms with van der Waals surface area (Å²) >= 11 is 0. The largest absolute Gasteiger partial charge is 0.352 e. The van der Waals surface area contributed by atoms with Gasteiger partial charge in [-0.1, -0.05) is 43.3 Å². The lowest BCUT2D eigenvalue weighted by Crippen LogP contribution is -2.46. The number of hydrogen-bond donors (Lipinski definition) is 1. The molecule has 5 heteroatoms. The highest BCUT2D eigenvalue weighted by Crippen LogP contribution is 2.33. The van der Waals surface area contributed by atoms with E-state index in [0.717, 1.165) is 30.4 Å². The molecule has 2 atom stereocenters. The molecule has 0 spiro atoms. The van der Waals surface area contributed by atoms with Crippen LogP contribution in [-0.2, 0) is 22.6 Å². The first kappa shape index (κ1) is 20.1. The van der Waals surface area contributed by atoms with E-state index < -0.39 is 0 Å². The number of amides is 2. The Labute approximate surface area is 165 Å². The average molecular weight is 382 g/mol. The molecule has 1 N–H and O–H groups in total. The zero-order valence-electron chi connectivity index (χ0n) is 16.5. The lowest BCUT2D eigenvalue weighted by molar-refractivity contribution is -0.137. The van der Waals surface area contributed by atoms with Crippen LogP contribution in [0.4, 0.5) is 4.39 Å². The van der Waals surface area contributed by atoms with Gasteiger partial charge < -0.3 is 10.2 Å². The average Bonchev–Trinajstić information content (AvgIpc) is 2.71. The minimum Gasteiger partial charge on any atom is -0.352 e. The van der Waals surface area contributed by atoms with Gasteiger partial charge in [0.05, 0.1) is 12.0 Å². The van der Waals surface area contributed by atoms with Crippen molar-refractivity contribution in [3.05, 3.63) is 71.0 Å². The Morgan fingerprint density at radius 2 is 1.86 bits per heavy atom. The van der Waals surface area contributed by atoms with Crippen molar-refractivity contribution in [1.82, 2.24) is 10.2 Å². The molecule has 2 aromatic rings. The van der Waals surface area contributed by atoms with E-state index in [4.69, 9.17) is 0 Å². The summed E-state index contributed by atoms with van der Waals surface area (Å²) in [5.74, 6) is -0.671. The van der Waals surface area contributed by atoms with E-state index in [1.54, 1.807) is 24.0 Å². The molecular formula is C23H27FN2O2. The molecule has 0 radical (unpaired) electrons. The zero-order chi connectivity index (χ0) is 20.1. The second kappa shape index (κ2) is 9.00. The smallest absolute Gasteiger partial charge is 0.225 e. The first-order valence-corrected chi connectivity index (χ1v) is 9.86. The summed E-state index contributed by atoms with van der Waals surface area (Å²) in [7, 11) is 0. The van der Waals surface area contributed by atoms with Crippen LogP contribution in [0.15, 0.2) is 48.5 Å². The minimum atomic E-state index is -0.316. The van der Waals surface area contributed by atoms with Crippen molar-refractivity contribution in [2.24, 2.45) is 5.92 Å². The van der Waals surface area contributed by atoms with Crippen LogP contribution in [0.1, 0.15) is 49.4 Å². The first-order chi connectivity index (χ1) is 13.5. The number of carbonyl (C=O) groups is 2. The predicted molar refractivity (Wildman–Crippen MR) is 107 cm³/mol. The Balaban J connectivity index is 1.64. The Morgan fingerprint density at radius 1 is 1.11 bits per heavy atom. The molecule has 28 heavy (non-hydrogen) atoms. The molecule has 1 heterocycles. The maximum absolute atomic E-state index is 13.3. The first-order valence-electron chi connectivity index (χ1n) is 9.86. The molecular weight excluding hydrogens is 355 g/mol. The van der Waals surface area contributed by atoms with Gasteiger partial charge in [0, 0.05) is 20.0 Å². The van der Waals surface area contributed by atoms with Crippen molar-refractivity contribution in [2.45, 2.75) is 45.7 Å². The summed E-state index contributed by atoms with van der Waals surface area (Å²) in [6, 6.07) is 14.6. The van der Waals surface area contributed by atoms with Crippen LogP contribution in [0.5, 0.6) is 0 Å². The SMILES string of the molecule is CCc1ccc([C@@H]2CC[C@H](C(=O)NCc3cccc(F)c3)CN2C(C)=O)cc1. The van der Waals surface area contributed by atoms with Crippen LogP contribution in [0.2, 0.25) is 0 Å². The third-order valence-electron chi connectivity index (χ3n) is 5.49. The quantitative estimate of drug-likeness (QED) is 0.850. The van der Waals surface area contributed by atoms with Gasteiger partial charge in [-0.15, -0.1) is 0 Å². The second-order valence-corrected chi connectivity index (χ2v) is 7.40. The maximum Gasteiger partial charge on any atom is 0.225 e. The molecule has 1 aliphatic heterocycles. The fourth-order valence-corrected chi connectivity index (χ4v) is 3.84. The van der Waals surface area contributed by atoms with Crippen molar-refractivity contribution >= 4 is 11.8 Å². The highest BCUT2D eigenvalue weighted by molar-refractivity contribution is 5.81. The van der Waals surface area contributed by atoms with E-state index in [2.05, 4.69) is 36.5 Å². The number of benzene rings is 2. The monoisotopic (exact) mass is 382 g/mol. The third kappa shape index (κ3) is 4.77. The Hall–Kier alpha value is -2.69. The summed E-state index contributed by atoms with van der Waals surface area (Å²) in [5.41, 5.74) is 3.11. The topological polar surface area (TPSA) is 49.4 Å². The van der Waals surface area contributed by atoms with Crippen LogP contribution in [0.25, 0.3) is 0 Å². The Bertz CT molecular complexity index is 835. The molecule has 2 aromatic carbocycles. The van der Waals surface area contributed by atoms with Crippen LogP contribution >= 0.6 is 0 Å². The summed E-state index contributed by atoms with van der Waals surface area (Å²) in [4.78, 5) is 26.7. The van der Waals surface area contributed by atoms with Crippen molar-refractivity contribution in [3.63, 3.8) is 0 Å². The standard InChI is InChI=1S/C23H27FN2O2/c1-3-17-7-9-19(10-8-17)22-12-11-20(15-26(22)16(2)27)23(28)25-14-18-5-4-6-21(24)13-18/h4-10,13,20,22H,3,11-12,14-15H2,1-2H3,(H,25,28)/t20-,22-/m0/s1. The van der Waals surface area contributed by atoms with Gasteiger partial charge in [0.2, 0.25) is 11.8 Å². The van der Waals surface area contributed by atoms with Crippen molar-refractivity contribution in [2.75, 3.05) is 6.54 Å². The minimum absolute atomic E-state index is 0.00988. The fraction of sp³-hybridized carbons (Fsp3) is 0.391. The highest BCUT2D eigenvalue weighted by atomic mass is 19.1. The second-order valence-electron chi connectivity index (χ2n) is 7.40. The van der Waals surface area contributed by atoms with E-state index in [1.807, 2.05) is 0 Å². The van der Waals surface area contributed by atoms with Gasteiger partial charge in [-0.2, -0.15) is 0 Å². The number of carbonyl (C=O) groups excluding carboxylic acids is 2. The molecule has 2 amide bonds. The number of piperidine rings is 1. The van der Waals surface area contributed by atoms with Crippen molar-refractivity contribution in [3.8, 4) is 0 Å². The summed E-state index contributed by atoms with van der Waals surface area (Å²) in [5, 5.41) is 2.88. The van der Waals surface area contributed by atoms with E-state index in [1.165, 1.54) is 17.7 Å². The lowest BCUT2D eigenvalue weighted by Gasteiger charge is -2.39. The summed E-state index contributed by atoms with van der Waals surface area (Å²) in [6.45, 7) is 4.37. The molecule has 3 rings (SSSR count). The molecule has 0 bridgehead atoms. The number of aryl methyl sites for hydroxylation is 1. The molecule has 4 nitrogen and oxygen atoms in total. The Morgan fingerprint density at radius 3 is 2.50 bits per heavy atom. The molecule has 0 unspecified atom stereocenters.